The fourth-order valence-corrected chi connectivity index (χ4v) is 1.91. The van der Waals surface area contributed by atoms with Crippen LogP contribution in [0, 0.1) is 5.41 Å². The Kier molecular flexibility index (Phi) is 2.41. The molecule has 1 rings (SSSR count). The number of rotatable bonds is 0. The summed E-state index contributed by atoms with van der Waals surface area (Å²) in [4.78, 5) is 0. The van der Waals surface area contributed by atoms with Crippen LogP contribution in [-0.4, -0.2) is 0 Å². The molecule has 11 heavy (non-hydrogen) atoms. The van der Waals surface area contributed by atoms with Gasteiger partial charge in [0.05, 0.1) is 0 Å². The van der Waals surface area contributed by atoms with Crippen molar-refractivity contribution in [2.24, 2.45) is 5.41 Å². The number of allylic oxidation sites excluding steroid dienone is 2. The second-order valence-corrected chi connectivity index (χ2v) is 4.50. The van der Waals surface area contributed by atoms with Gasteiger partial charge in [0.1, 0.15) is 0 Å². The molecule has 0 radical (unpaired) electrons. The van der Waals surface area contributed by atoms with Gasteiger partial charge in [0.25, 0.3) is 0 Å². The van der Waals surface area contributed by atoms with Crippen LogP contribution in [0.4, 0.5) is 0 Å². The molecule has 0 heteroatoms. The average Bonchev–Trinajstić information content (AvgIpc) is 2.03. The molecule has 0 aromatic carbocycles. The molecule has 0 aromatic rings. The van der Waals surface area contributed by atoms with E-state index in [0.717, 1.165) is 0 Å². The lowest BCUT2D eigenvalue weighted by molar-refractivity contribution is 0.399. The lowest BCUT2D eigenvalue weighted by Crippen LogP contribution is -2.12. The molecule has 0 nitrogen and oxygen atoms in total. The summed E-state index contributed by atoms with van der Waals surface area (Å²) < 4.78 is 0. The van der Waals surface area contributed by atoms with Gasteiger partial charge in [0.2, 0.25) is 0 Å². The summed E-state index contributed by atoms with van der Waals surface area (Å²) in [5.74, 6) is 0. The molecule has 64 valence electrons. The molecular weight excluding hydrogens is 132 g/mol. The fraction of sp³-hybridized carbons (Fsp3) is 0.818. The van der Waals surface area contributed by atoms with Crippen molar-refractivity contribution in [3.8, 4) is 0 Å². The third-order valence-corrected chi connectivity index (χ3v) is 3.26. The van der Waals surface area contributed by atoms with Gasteiger partial charge >= 0.3 is 0 Å². The van der Waals surface area contributed by atoms with Crippen LogP contribution < -0.4 is 0 Å². The van der Waals surface area contributed by atoms with Crippen molar-refractivity contribution >= 4 is 0 Å². The Morgan fingerprint density at radius 2 is 1.73 bits per heavy atom. The third-order valence-electron chi connectivity index (χ3n) is 3.26. The second-order valence-electron chi connectivity index (χ2n) is 4.50. The molecule has 0 bridgehead atoms. The highest BCUT2D eigenvalue weighted by Crippen LogP contribution is 2.37. The molecule has 0 heterocycles. The van der Waals surface area contributed by atoms with Crippen molar-refractivity contribution in [3.05, 3.63) is 11.1 Å². The van der Waals surface area contributed by atoms with E-state index in [1.165, 1.54) is 25.7 Å². The largest absolute Gasteiger partial charge is 0.0739 e. The minimum atomic E-state index is 0.473. The minimum absolute atomic E-state index is 0.473. The van der Waals surface area contributed by atoms with Gasteiger partial charge in [-0.05, 0) is 38.5 Å². The van der Waals surface area contributed by atoms with E-state index in [-0.39, 0.29) is 0 Å². The first kappa shape index (κ1) is 8.83. The molecule has 0 N–H and O–H groups in total. The Bertz CT molecular complexity index is 172. The van der Waals surface area contributed by atoms with Gasteiger partial charge in [-0.15, -0.1) is 0 Å². The van der Waals surface area contributed by atoms with E-state index in [1.54, 1.807) is 11.1 Å². The van der Waals surface area contributed by atoms with Crippen molar-refractivity contribution in [2.75, 3.05) is 0 Å². The molecule has 0 unspecified atom stereocenters. The monoisotopic (exact) mass is 152 g/mol. The van der Waals surface area contributed by atoms with Crippen LogP contribution in [0.1, 0.15) is 53.4 Å². The van der Waals surface area contributed by atoms with Crippen molar-refractivity contribution in [1.82, 2.24) is 0 Å². The lowest BCUT2D eigenvalue weighted by Gasteiger charge is -2.25. The molecule has 0 fully saturated rings. The SMILES string of the molecule is CC1=C(C)C(C)(C)CCCC1. The van der Waals surface area contributed by atoms with Gasteiger partial charge < -0.3 is 0 Å². The number of hydrogen-bond donors (Lipinski definition) is 0. The second kappa shape index (κ2) is 3.00. The summed E-state index contributed by atoms with van der Waals surface area (Å²) in [5, 5.41) is 0. The van der Waals surface area contributed by atoms with Crippen molar-refractivity contribution in [1.29, 1.82) is 0 Å². The highest BCUT2D eigenvalue weighted by atomic mass is 14.3. The molecule has 1 aliphatic carbocycles. The van der Waals surface area contributed by atoms with Gasteiger partial charge in [0, 0.05) is 0 Å². The molecule has 0 aliphatic heterocycles. The summed E-state index contributed by atoms with van der Waals surface area (Å²) >= 11 is 0. The highest BCUT2D eigenvalue weighted by molar-refractivity contribution is 5.18. The zero-order chi connectivity index (χ0) is 8.48. The van der Waals surface area contributed by atoms with Crippen molar-refractivity contribution in [2.45, 2.75) is 53.4 Å². The van der Waals surface area contributed by atoms with Gasteiger partial charge in [-0.2, -0.15) is 0 Å². The summed E-state index contributed by atoms with van der Waals surface area (Å²) in [6.45, 7) is 9.34. The quantitative estimate of drug-likeness (QED) is 0.461. The van der Waals surface area contributed by atoms with Crippen LogP contribution in [0.15, 0.2) is 11.1 Å². The van der Waals surface area contributed by atoms with E-state index >= 15 is 0 Å². The molecule has 0 saturated carbocycles. The molecule has 0 spiro atoms. The maximum absolute atomic E-state index is 2.37. The van der Waals surface area contributed by atoms with Gasteiger partial charge in [-0.3, -0.25) is 0 Å². The van der Waals surface area contributed by atoms with E-state index < -0.39 is 0 Å². The first-order chi connectivity index (χ1) is 5.04. The van der Waals surface area contributed by atoms with E-state index in [9.17, 15) is 0 Å². The summed E-state index contributed by atoms with van der Waals surface area (Å²) in [5.41, 5.74) is 3.74. The Labute approximate surface area is 70.7 Å². The molecule has 0 aromatic heterocycles. The normalized spacial score (nSPS) is 25.1. The predicted octanol–water partition coefficient (Wildman–Crippen LogP) is 3.92. The highest BCUT2D eigenvalue weighted by Gasteiger charge is 2.23. The molecular formula is C11H20. The maximum Gasteiger partial charge on any atom is -0.0145 e. The van der Waals surface area contributed by atoms with Crippen LogP contribution >= 0.6 is 0 Å². The molecule has 0 amide bonds. The van der Waals surface area contributed by atoms with Crippen LogP contribution in [0.2, 0.25) is 0 Å². The van der Waals surface area contributed by atoms with Gasteiger partial charge in [-0.25, -0.2) is 0 Å². The Balaban J connectivity index is 2.88. The van der Waals surface area contributed by atoms with Crippen molar-refractivity contribution < 1.29 is 0 Å². The Hall–Kier alpha value is -0.260. The minimum Gasteiger partial charge on any atom is -0.0739 e. The van der Waals surface area contributed by atoms with Crippen LogP contribution in [0.5, 0.6) is 0 Å². The molecule has 0 atom stereocenters. The predicted molar refractivity (Wildman–Crippen MR) is 50.6 cm³/mol. The number of hydrogen-bond acceptors (Lipinski definition) is 0. The summed E-state index contributed by atoms with van der Waals surface area (Å²) in [6, 6.07) is 0. The summed E-state index contributed by atoms with van der Waals surface area (Å²) in [7, 11) is 0. The van der Waals surface area contributed by atoms with E-state index in [0.29, 0.717) is 5.41 Å². The van der Waals surface area contributed by atoms with E-state index in [2.05, 4.69) is 27.7 Å². The zero-order valence-corrected chi connectivity index (χ0v) is 8.33. The fourth-order valence-electron chi connectivity index (χ4n) is 1.91. The van der Waals surface area contributed by atoms with E-state index in [1.807, 2.05) is 0 Å². The van der Waals surface area contributed by atoms with Crippen LogP contribution in [-0.2, 0) is 0 Å². The Morgan fingerprint density at radius 1 is 1.09 bits per heavy atom. The zero-order valence-electron chi connectivity index (χ0n) is 8.33. The first-order valence-electron chi connectivity index (χ1n) is 4.71. The first-order valence-corrected chi connectivity index (χ1v) is 4.71. The Morgan fingerprint density at radius 3 is 2.36 bits per heavy atom. The third kappa shape index (κ3) is 1.85. The van der Waals surface area contributed by atoms with Gasteiger partial charge in [0.15, 0.2) is 0 Å². The van der Waals surface area contributed by atoms with Crippen molar-refractivity contribution in [3.63, 3.8) is 0 Å². The van der Waals surface area contributed by atoms with Crippen LogP contribution in [0.25, 0.3) is 0 Å². The standard InChI is InChI=1S/C11H20/c1-9-7-5-6-8-11(3,4)10(9)2/h5-8H2,1-4H3. The maximum atomic E-state index is 2.37. The van der Waals surface area contributed by atoms with Gasteiger partial charge in [-0.1, -0.05) is 31.4 Å². The summed E-state index contributed by atoms with van der Waals surface area (Å²) in [6.07, 6.45) is 5.50. The van der Waals surface area contributed by atoms with E-state index in [4.69, 9.17) is 0 Å². The molecule has 1 aliphatic rings. The average molecular weight is 152 g/mol. The smallest absolute Gasteiger partial charge is 0.0145 e. The van der Waals surface area contributed by atoms with Crippen LogP contribution in [0.3, 0.4) is 0 Å². The molecule has 0 saturated heterocycles. The topological polar surface area (TPSA) is 0 Å². The lowest BCUT2D eigenvalue weighted by atomic mass is 9.80.